The van der Waals surface area contributed by atoms with Crippen LogP contribution >= 0.6 is 0 Å². The van der Waals surface area contributed by atoms with Gasteiger partial charge in [0.25, 0.3) is 0 Å². The second kappa shape index (κ2) is 8.33. The number of piperidine rings is 1. The Labute approximate surface area is 168 Å². The highest BCUT2D eigenvalue weighted by Crippen LogP contribution is 2.24. The van der Waals surface area contributed by atoms with Crippen molar-refractivity contribution in [3.8, 4) is 5.75 Å². The van der Waals surface area contributed by atoms with Crippen LogP contribution in [-0.4, -0.2) is 56.1 Å². The number of para-hydroxylation sites is 1. The molecule has 1 aromatic carbocycles. The Bertz CT molecular complexity index is 678. The number of hydrogen-bond donors (Lipinski definition) is 0. The van der Waals surface area contributed by atoms with Crippen LogP contribution in [-0.2, 0) is 14.0 Å². The highest BCUT2D eigenvalue weighted by atomic mass is 16.6. The van der Waals surface area contributed by atoms with Gasteiger partial charge in [-0.25, -0.2) is 4.79 Å². The summed E-state index contributed by atoms with van der Waals surface area (Å²) in [4.78, 5) is 14.1. The third kappa shape index (κ3) is 5.64. The summed E-state index contributed by atoms with van der Waals surface area (Å²) in [5, 5.41) is 0. The molecule has 0 spiro atoms. The van der Waals surface area contributed by atoms with Crippen molar-refractivity contribution in [1.29, 1.82) is 0 Å². The summed E-state index contributed by atoms with van der Waals surface area (Å²) in [6.07, 6.45) is 1.42. The van der Waals surface area contributed by atoms with Crippen LogP contribution < -0.4 is 10.2 Å². The molecule has 0 N–H and O–H groups in total. The molecule has 2 fully saturated rings. The van der Waals surface area contributed by atoms with Crippen LogP contribution in [0.5, 0.6) is 5.75 Å². The fraction of sp³-hybridized carbons (Fsp3) is 0.667. The quantitative estimate of drug-likeness (QED) is 0.743. The minimum Gasteiger partial charge on any atom is -0.489 e. The Morgan fingerprint density at radius 3 is 2.57 bits per heavy atom. The Hall–Kier alpha value is -1.73. The maximum Gasteiger partial charge on any atom is 0.497 e. The second-order valence-electron chi connectivity index (χ2n) is 9.46. The van der Waals surface area contributed by atoms with Gasteiger partial charge >= 0.3 is 13.2 Å². The van der Waals surface area contributed by atoms with Gasteiger partial charge in [0.1, 0.15) is 17.5 Å². The molecule has 0 bridgehead atoms. The molecule has 7 heteroatoms. The molecule has 1 aromatic rings. The molecule has 1 atom stereocenters. The van der Waals surface area contributed by atoms with Crippen molar-refractivity contribution < 1.29 is 23.6 Å². The lowest BCUT2D eigenvalue weighted by Gasteiger charge is -2.35. The van der Waals surface area contributed by atoms with Gasteiger partial charge in [0.2, 0.25) is 0 Å². The molecule has 0 aliphatic carbocycles. The van der Waals surface area contributed by atoms with Gasteiger partial charge in [-0.3, -0.25) is 0 Å². The van der Waals surface area contributed by atoms with Crippen molar-refractivity contribution in [2.45, 2.75) is 59.2 Å². The van der Waals surface area contributed by atoms with E-state index in [4.69, 9.17) is 18.8 Å². The Morgan fingerprint density at radius 2 is 1.89 bits per heavy atom. The Kier molecular flexibility index (Phi) is 6.25. The molecule has 2 aliphatic rings. The summed E-state index contributed by atoms with van der Waals surface area (Å²) in [5.74, 6) is 0.753. The maximum absolute atomic E-state index is 12.4. The molecule has 2 saturated heterocycles. The van der Waals surface area contributed by atoms with E-state index in [1.807, 2.05) is 45.0 Å². The lowest BCUT2D eigenvalue weighted by atomic mass is 9.75. The van der Waals surface area contributed by atoms with Crippen molar-refractivity contribution in [3.05, 3.63) is 24.3 Å². The largest absolute Gasteiger partial charge is 0.497 e. The van der Waals surface area contributed by atoms with E-state index in [-0.39, 0.29) is 17.6 Å². The predicted molar refractivity (Wildman–Crippen MR) is 109 cm³/mol. The van der Waals surface area contributed by atoms with Gasteiger partial charge in [-0.1, -0.05) is 32.0 Å². The van der Waals surface area contributed by atoms with Gasteiger partial charge in [-0.05, 0) is 39.7 Å². The molecule has 1 amide bonds. The summed E-state index contributed by atoms with van der Waals surface area (Å²) in [6.45, 7) is 12.4. The average Bonchev–Trinajstić information content (AvgIpc) is 2.61. The van der Waals surface area contributed by atoms with Gasteiger partial charge in [0.15, 0.2) is 0 Å². The fourth-order valence-corrected chi connectivity index (χ4v) is 3.36. The first-order valence-corrected chi connectivity index (χ1v) is 10.1. The van der Waals surface area contributed by atoms with Gasteiger partial charge in [0.05, 0.1) is 6.54 Å². The van der Waals surface area contributed by atoms with Gasteiger partial charge < -0.3 is 23.7 Å². The molecule has 0 radical (unpaired) electrons. The van der Waals surface area contributed by atoms with Crippen molar-refractivity contribution >= 4 is 18.7 Å². The van der Waals surface area contributed by atoms with Crippen molar-refractivity contribution in [3.63, 3.8) is 0 Å². The van der Waals surface area contributed by atoms with Crippen LogP contribution in [0.25, 0.3) is 0 Å². The van der Waals surface area contributed by atoms with Crippen molar-refractivity contribution in [2.75, 3.05) is 26.3 Å². The van der Waals surface area contributed by atoms with Crippen LogP contribution in [0, 0.1) is 5.41 Å². The topological polar surface area (TPSA) is 57.2 Å². The van der Waals surface area contributed by atoms with E-state index in [1.54, 1.807) is 4.90 Å². The second-order valence-corrected chi connectivity index (χ2v) is 9.46. The Morgan fingerprint density at radius 1 is 1.21 bits per heavy atom. The molecule has 3 rings (SSSR count). The number of benzene rings is 1. The third-order valence-electron chi connectivity index (χ3n) is 4.75. The van der Waals surface area contributed by atoms with Gasteiger partial charge in [0, 0.05) is 30.6 Å². The number of likely N-dealkylation sites (tertiary alicyclic amines) is 1. The highest BCUT2D eigenvalue weighted by Gasteiger charge is 2.36. The molecule has 154 valence electrons. The zero-order chi connectivity index (χ0) is 20.4. The summed E-state index contributed by atoms with van der Waals surface area (Å²) < 4.78 is 23.7. The maximum atomic E-state index is 12.4. The highest BCUT2D eigenvalue weighted by molar-refractivity contribution is 6.62. The fourth-order valence-electron chi connectivity index (χ4n) is 3.36. The van der Waals surface area contributed by atoms with E-state index >= 15 is 0 Å². The third-order valence-corrected chi connectivity index (χ3v) is 4.75. The number of amides is 1. The number of carbonyl (C=O) groups is 1. The van der Waals surface area contributed by atoms with Crippen LogP contribution in [0.3, 0.4) is 0 Å². The summed E-state index contributed by atoms with van der Waals surface area (Å²) in [5.41, 5.74) is 0.414. The van der Waals surface area contributed by atoms with E-state index < -0.39 is 12.7 Å². The molecule has 2 heterocycles. The monoisotopic (exact) mass is 389 g/mol. The standard InChI is InChI=1S/C21H32BNO5/c1-20(2,3)28-19(24)23-12-8-9-16(13-23)27-18-11-7-6-10-17(18)22-25-14-21(4,5)15-26-22/h6-7,10-11,16H,8-9,12-15H2,1-5H3/t16-/m1/s1. The smallest absolute Gasteiger partial charge is 0.489 e. The number of rotatable bonds is 3. The summed E-state index contributed by atoms with van der Waals surface area (Å²) in [6, 6.07) is 7.82. The predicted octanol–water partition coefficient (Wildman–Crippen LogP) is 3.23. The van der Waals surface area contributed by atoms with Crippen LogP contribution in [0.15, 0.2) is 24.3 Å². The lowest BCUT2D eigenvalue weighted by molar-refractivity contribution is 0.00762. The van der Waals surface area contributed by atoms with Crippen molar-refractivity contribution in [2.24, 2.45) is 5.41 Å². The zero-order valence-electron chi connectivity index (χ0n) is 17.7. The lowest BCUT2D eigenvalue weighted by Crippen LogP contribution is -2.49. The minimum absolute atomic E-state index is 0.0174. The van der Waals surface area contributed by atoms with Gasteiger partial charge in [-0.2, -0.15) is 0 Å². The first-order valence-electron chi connectivity index (χ1n) is 10.1. The van der Waals surface area contributed by atoms with E-state index in [0.717, 1.165) is 24.1 Å². The van der Waals surface area contributed by atoms with E-state index in [1.165, 1.54) is 0 Å². The number of nitrogens with zero attached hydrogens (tertiary/aromatic N) is 1. The first kappa shape index (κ1) is 21.0. The summed E-state index contributed by atoms with van der Waals surface area (Å²) in [7, 11) is -0.422. The van der Waals surface area contributed by atoms with Crippen LogP contribution in [0.2, 0.25) is 0 Å². The number of ether oxygens (including phenoxy) is 2. The molecule has 0 aromatic heterocycles. The molecule has 6 nitrogen and oxygen atoms in total. The van der Waals surface area contributed by atoms with Crippen molar-refractivity contribution in [1.82, 2.24) is 4.90 Å². The van der Waals surface area contributed by atoms with Gasteiger partial charge in [-0.15, -0.1) is 0 Å². The normalized spacial score (nSPS) is 22.7. The van der Waals surface area contributed by atoms with Crippen LogP contribution in [0.1, 0.15) is 47.5 Å². The summed E-state index contributed by atoms with van der Waals surface area (Å²) >= 11 is 0. The van der Waals surface area contributed by atoms with E-state index in [9.17, 15) is 4.79 Å². The zero-order valence-corrected chi connectivity index (χ0v) is 17.7. The number of hydrogen-bond acceptors (Lipinski definition) is 5. The van der Waals surface area contributed by atoms with Crippen LogP contribution in [0.4, 0.5) is 4.79 Å². The molecule has 0 saturated carbocycles. The first-order chi connectivity index (χ1) is 13.1. The van der Waals surface area contributed by atoms with E-state index in [2.05, 4.69) is 13.8 Å². The molecule has 28 heavy (non-hydrogen) atoms. The Balaban J connectivity index is 1.65. The molecule has 0 unspecified atom stereocenters. The minimum atomic E-state index is -0.499. The average molecular weight is 389 g/mol. The molecular weight excluding hydrogens is 357 g/mol. The molecular formula is C21H32BNO5. The SMILES string of the molecule is CC1(C)COB(c2ccccc2O[C@@H]2CCCN(C(=O)OC(C)(C)C)C2)OC1. The molecule has 2 aliphatic heterocycles. The van der Waals surface area contributed by atoms with E-state index in [0.29, 0.717) is 26.3 Å². The number of carbonyl (C=O) groups excluding carboxylic acids is 1.